The third-order valence-corrected chi connectivity index (χ3v) is 2.45. The van der Waals surface area contributed by atoms with Gasteiger partial charge in [-0.15, -0.1) is 0 Å². The number of ether oxygens (including phenoxy) is 2. The van der Waals surface area contributed by atoms with E-state index in [0.717, 1.165) is 6.08 Å². The van der Waals surface area contributed by atoms with Crippen molar-refractivity contribution in [1.82, 2.24) is 0 Å². The Labute approximate surface area is 84.5 Å². The molecule has 1 fully saturated rings. The lowest BCUT2D eigenvalue weighted by Gasteiger charge is -2.19. The number of fused-ring (bicyclic) bond motifs is 1. The van der Waals surface area contributed by atoms with Gasteiger partial charge < -0.3 is 14.6 Å². The van der Waals surface area contributed by atoms with E-state index in [2.05, 4.69) is 0 Å². The summed E-state index contributed by atoms with van der Waals surface area (Å²) in [7, 11) is 0. The molecule has 0 spiro atoms. The summed E-state index contributed by atoms with van der Waals surface area (Å²) >= 11 is 0. The molecule has 1 N–H and O–H groups in total. The minimum absolute atomic E-state index is 0.755. The average Bonchev–Trinajstić information content (AvgIpc) is 2.45. The second kappa shape index (κ2) is 2.96. The minimum Gasteiger partial charge on any atom is -0.386 e. The van der Waals surface area contributed by atoms with Crippen LogP contribution in [0.1, 0.15) is 13.8 Å². The molecular weight excluding hydrogens is 213 g/mol. The molecule has 0 unspecified atom stereocenters. The first kappa shape index (κ1) is 10.9. The Bertz CT molecular complexity index is 308. The smallest absolute Gasteiger partial charge is 0.386 e. The van der Waals surface area contributed by atoms with Crippen LogP contribution in [0.25, 0.3) is 0 Å². The topological polar surface area (TPSA) is 38.7 Å². The minimum atomic E-state index is -4.48. The highest BCUT2D eigenvalue weighted by Crippen LogP contribution is 2.44. The SMILES string of the molecule is CC1(C)O[C@@H]2[C@H](O1)C(C(F)(F)F)=C[C@@H]2O. The highest BCUT2D eigenvalue weighted by atomic mass is 19.4. The van der Waals surface area contributed by atoms with Crippen LogP contribution in [0, 0.1) is 0 Å². The zero-order chi connectivity index (χ0) is 11.4. The molecule has 0 aromatic heterocycles. The molecule has 0 radical (unpaired) electrons. The van der Waals surface area contributed by atoms with Crippen LogP contribution in [0.5, 0.6) is 0 Å². The second-order valence-corrected chi connectivity index (χ2v) is 4.13. The van der Waals surface area contributed by atoms with Crippen LogP contribution in [0.3, 0.4) is 0 Å². The molecule has 86 valence electrons. The summed E-state index contributed by atoms with van der Waals surface area (Å²) in [6.07, 6.45) is -7.14. The number of aliphatic hydroxyl groups excluding tert-OH is 1. The predicted octanol–water partition coefficient (Wildman–Crippen LogP) is 1.37. The molecule has 1 saturated heterocycles. The molecule has 1 heterocycles. The van der Waals surface area contributed by atoms with Crippen molar-refractivity contribution in [3.8, 4) is 0 Å². The fourth-order valence-corrected chi connectivity index (χ4v) is 1.91. The van der Waals surface area contributed by atoms with Crippen molar-refractivity contribution in [2.45, 2.75) is 44.1 Å². The van der Waals surface area contributed by atoms with Gasteiger partial charge in [-0.1, -0.05) is 0 Å². The van der Waals surface area contributed by atoms with Gasteiger partial charge in [0.1, 0.15) is 18.3 Å². The molecule has 6 heteroatoms. The highest BCUT2D eigenvalue weighted by Gasteiger charge is 2.56. The largest absolute Gasteiger partial charge is 0.415 e. The van der Waals surface area contributed by atoms with Crippen molar-refractivity contribution < 1.29 is 27.8 Å². The molecule has 0 aromatic rings. The fraction of sp³-hybridized carbons (Fsp3) is 0.778. The van der Waals surface area contributed by atoms with Gasteiger partial charge in [0, 0.05) is 0 Å². The first-order valence-electron chi connectivity index (χ1n) is 4.53. The van der Waals surface area contributed by atoms with Crippen molar-refractivity contribution >= 4 is 0 Å². The summed E-state index contributed by atoms with van der Waals surface area (Å²) in [6, 6.07) is 0. The molecule has 0 aromatic carbocycles. The van der Waals surface area contributed by atoms with Crippen molar-refractivity contribution in [2.24, 2.45) is 0 Å². The summed E-state index contributed by atoms with van der Waals surface area (Å²) in [5.41, 5.74) is -0.856. The highest BCUT2D eigenvalue weighted by molar-refractivity contribution is 5.28. The molecular formula is C9H11F3O3. The van der Waals surface area contributed by atoms with Crippen molar-refractivity contribution in [1.29, 1.82) is 0 Å². The van der Waals surface area contributed by atoms with Gasteiger partial charge in [0.25, 0.3) is 0 Å². The maximum atomic E-state index is 12.5. The fourth-order valence-electron chi connectivity index (χ4n) is 1.91. The van der Waals surface area contributed by atoms with Gasteiger partial charge in [-0.2, -0.15) is 13.2 Å². The Balaban J connectivity index is 2.27. The van der Waals surface area contributed by atoms with E-state index in [-0.39, 0.29) is 0 Å². The second-order valence-electron chi connectivity index (χ2n) is 4.13. The molecule has 3 atom stereocenters. The van der Waals surface area contributed by atoms with Gasteiger partial charge >= 0.3 is 6.18 Å². The maximum Gasteiger partial charge on any atom is 0.415 e. The van der Waals surface area contributed by atoms with Gasteiger partial charge in [0.2, 0.25) is 0 Å². The molecule has 2 rings (SSSR count). The predicted molar refractivity (Wildman–Crippen MR) is 44.0 cm³/mol. The molecule has 1 aliphatic carbocycles. The van der Waals surface area contributed by atoms with Crippen molar-refractivity contribution in [3.63, 3.8) is 0 Å². The van der Waals surface area contributed by atoms with Crippen LogP contribution >= 0.6 is 0 Å². The summed E-state index contributed by atoms with van der Waals surface area (Å²) in [4.78, 5) is 0. The van der Waals surface area contributed by atoms with Gasteiger partial charge in [0.15, 0.2) is 5.79 Å². The van der Waals surface area contributed by atoms with Gasteiger partial charge in [-0.25, -0.2) is 0 Å². The average molecular weight is 224 g/mol. The molecule has 1 aliphatic heterocycles. The standard InChI is InChI=1S/C9H11F3O3/c1-8(2)14-6-4(9(10,11)12)3-5(13)7(6)15-8/h3,5-7,13H,1-2H3/t5-,6+,7-/m0/s1. The van der Waals surface area contributed by atoms with Crippen molar-refractivity contribution in [3.05, 3.63) is 11.6 Å². The van der Waals surface area contributed by atoms with Gasteiger partial charge in [-0.05, 0) is 19.9 Å². The number of rotatable bonds is 0. The lowest BCUT2D eigenvalue weighted by Crippen LogP contribution is -2.31. The van der Waals surface area contributed by atoms with Crippen LogP contribution in [0.4, 0.5) is 13.2 Å². The number of hydrogen-bond donors (Lipinski definition) is 1. The van der Waals surface area contributed by atoms with Crippen LogP contribution in [0.15, 0.2) is 11.6 Å². The Hall–Kier alpha value is -0.590. The van der Waals surface area contributed by atoms with E-state index in [0.29, 0.717) is 0 Å². The van der Waals surface area contributed by atoms with Crippen LogP contribution in [-0.2, 0) is 9.47 Å². The van der Waals surface area contributed by atoms with E-state index < -0.39 is 35.8 Å². The lowest BCUT2D eigenvalue weighted by molar-refractivity contribution is -0.160. The van der Waals surface area contributed by atoms with Gasteiger partial charge in [-0.3, -0.25) is 0 Å². The Morgan fingerprint density at radius 3 is 2.47 bits per heavy atom. The zero-order valence-electron chi connectivity index (χ0n) is 8.21. The van der Waals surface area contributed by atoms with Crippen LogP contribution in [0.2, 0.25) is 0 Å². The first-order chi connectivity index (χ1) is 6.71. The summed E-state index contributed by atoms with van der Waals surface area (Å²) in [5.74, 6) is -1.08. The molecule has 0 saturated carbocycles. The summed E-state index contributed by atoms with van der Waals surface area (Å²) < 4.78 is 47.8. The molecule has 3 nitrogen and oxygen atoms in total. The van der Waals surface area contributed by atoms with Crippen molar-refractivity contribution in [2.75, 3.05) is 0 Å². The van der Waals surface area contributed by atoms with E-state index in [1.165, 1.54) is 13.8 Å². The zero-order valence-corrected chi connectivity index (χ0v) is 8.21. The Morgan fingerprint density at radius 1 is 1.33 bits per heavy atom. The summed E-state index contributed by atoms with van der Waals surface area (Å²) in [5, 5.41) is 9.38. The van der Waals surface area contributed by atoms with E-state index >= 15 is 0 Å². The number of alkyl halides is 3. The monoisotopic (exact) mass is 224 g/mol. The van der Waals surface area contributed by atoms with Crippen LogP contribution in [-0.4, -0.2) is 35.4 Å². The normalized spacial score (nSPS) is 39.1. The maximum absolute atomic E-state index is 12.5. The number of halogens is 3. The molecule has 0 bridgehead atoms. The third kappa shape index (κ3) is 1.77. The quantitative estimate of drug-likeness (QED) is 0.631. The lowest BCUT2D eigenvalue weighted by atomic mass is 10.1. The van der Waals surface area contributed by atoms with E-state index in [9.17, 15) is 18.3 Å². The molecule has 0 amide bonds. The molecule has 15 heavy (non-hydrogen) atoms. The van der Waals surface area contributed by atoms with Crippen LogP contribution < -0.4 is 0 Å². The van der Waals surface area contributed by atoms with E-state index in [1.807, 2.05) is 0 Å². The number of hydrogen-bond acceptors (Lipinski definition) is 3. The van der Waals surface area contributed by atoms with E-state index in [1.54, 1.807) is 0 Å². The van der Waals surface area contributed by atoms with E-state index in [4.69, 9.17) is 9.47 Å². The molecule has 2 aliphatic rings. The number of aliphatic hydroxyl groups is 1. The Kier molecular flexibility index (Phi) is 2.15. The third-order valence-electron chi connectivity index (χ3n) is 2.45. The Morgan fingerprint density at radius 2 is 1.93 bits per heavy atom. The van der Waals surface area contributed by atoms with Gasteiger partial charge in [0.05, 0.1) is 5.57 Å². The first-order valence-corrected chi connectivity index (χ1v) is 4.53. The summed E-state index contributed by atoms with van der Waals surface area (Å²) in [6.45, 7) is 3.04.